The van der Waals surface area contributed by atoms with Crippen molar-refractivity contribution in [1.82, 2.24) is 20.3 Å². The van der Waals surface area contributed by atoms with Crippen LogP contribution >= 0.6 is 0 Å². The van der Waals surface area contributed by atoms with Crippen molar-refractivity contribution < 1.29 is 29.4 Å². The molecule has 2 aliphatic heterocycles. The van der Waals surface area contributed by atoms with E-state index in [1.54, 1.807) is 12.1 Å². The highest BCUT2D eigenvalue weighted by atomic mass is 16.5. The number of carbonyl (C=O) groups excluding carboxylic acids is 1. The summed E-state index contributed by atoms with van der Waals surface area (Å²) in [4.78, 5) is 31.1. The zero-order valence-corrected chi connectivity index (χ0v) is 24.9. The van der Waals surface area contributed by atoms with Gasteiger partial charge in [0.05, 0.1) is 17.3 Å². The number of carboxylic acids is 1. The molecule has 2 aromatic carbocycles. The number of aliphatic carboxylic acids is 1. The van der Waals surface area contributed by atoms with Gasteiger partial charge >= 0.3 is 5.97 Å². The molecule has 2 fully saturated rings. The van der Waals surface area contributed by atoms with E-state index < -0.39 is 24.0 Å². The molecular weight excluding hydrogens is 564 g/mol. The Morgan fingerprint density at radius 2 is 1.73 bits per heavy atom. The lowest BCUT2D eigenvalue weighted by atomic mass is 9.89. The Hall–Kier alpha value is -4.71. The van der Waals surface area contributed by atoms with E-state index in [4.69, 9.17) is 4.52 Å². The number of aromatic nitrogens is 3. The molecule has 4 heterocycles. The zero-order chi connectivity index (χ0) is 31.1. The molecule has 0 bridgehead atoms. The number of fused-ring (bicyclic) bond motifs is 1. The molecule has 12 heteroatoms. The fourth-order valence-electron chi connectivity index (χ4n) is 6.31. The van der Waals surface area contributed by atoms with E-state index in [0.29, 0.717) is 35.9 Å². The van der Waals surface area contributed by atoms with Crippen LogP contribution in [0.1, 0.15) is 37.5 Å². The molecule has 3 N–H and O–H groups in total. The second-order valence-electron chi connectivity index (χ2n) is 11.9. The summed E-state index contributed by atoms with van der Waals surface area (Å²) in [7, 11) is 0. The van der Waals surface area contributed by atoms with Gasteiger partial charge in [-0.15, -0.1) is 10.2 Å². The molecule has 0 aliphatic carbocycles. The first-order chi connectivity index (χ1) is 21.1. The number of aliphatic hydroxyl groups is 1. The Bertz CT molecular complexity index is 1700. The molecule has 2 saturated heterocycles. The number of β-amino-alcohol motifs (C(OH)–C–C–N with tert-alkyl or cyclic N) is 1. The molecule has 1 amide bonds. The van der Waals surface area contributed by atoms with Crippen LogP contribution in [0.25, 0.3) is 22.2 Å². The molecule has 2 aliphatic rings. The summed E-state index contributed by atoms with van der Waals surface area (Å²) >= 11 is 0. The molecule has 2 aromatic heterocycles. The Morgan fingerprint density at radius 1 is 1.00 bits per heavy atom. The molecular formula is C32H36N6O6. The summed E-state index contributed by atoms with van der Waals surface area (Å²) < 4.78 is 5.79. The van der Waals surface area contributed by atoms with Crippen LogP contribution in [0.5, 0.6) is 5.75 Å². The van der Waals surface area contributed by atoms with Crippen LogP contribution in [0.15, 0.2) is 53.1 Å². The van der Waals surface area contributed by atoms with E-state index in [9.17, 15) is 24.9 Å². The minimum absolute atomic E-state index is 0.0138. The van der Waals surface area contributed by atoms with Crippen LogP contribution in [-0.4, -0.2) is 92.3 Å². The smallest absolute Gasteiger partial charge is 0.326 e. The number of carboxylic acid groups (broad SMARTS) is 1. The van der Waals surface area contributed by atoms with Crippen molar-refractivity contribution in [2.45, 2.75) is 45.3 Å². The Morgan fingerprint density at radius 3 is 2.43 bits per heavy atom. The normalized spacial score (nSPS) is 19.6. The lowest BCUT2D eigenvalue weighted by molar-refractivity contribution is -0.149. The fraction of sp³-hybridized carbons (Fsp3) is 0.406. The molecule has 0 saturated carbocycles. The average molecular weight is 601 g/mol. The summed E-state index contributed by atoms with van der Waals surface area (Å²) in [6.07, 6.45) is -0.855. The maximum Gasteiger partial charge on any atom is 0.326 e. The first kappa shape index (κ1) is 29.4. The molecule has 230 valence electrons. The van der Waals surface area contributed by atoms with Crippen molar-refractivity contribution in [3.05, 3.63) is 59.9 Å². The molecule has 0 spiro atoms. The largest absolute Gasteiger partial charge is 0.507 e. The predicted octanol–water partition coefficient (Wildman–Crippen LogP) is 3.41. The monoisotopic (exact) mass is 600 g/mol. The van der Waals surface area contributed by atoms with E-state index in [1.165, 1.54) is 4.90 Å². The van der Waals surface area contributed by atoms with E-state index in [0.717, 1.165) is 35.2 Å². The lowest BCUT2D eigenvalue weighted by Gasteiger charge is -2.36. The minimum Gasteiger partial charge on any atom is -0.507 e. The third kappa shape index (κ3) is 5.41. The Kier molecular flexibility index (Phi) is 7.85. The van der Waals surface area contributed by atoms with E-state index in [-0.39, 0.29) is 30.5 Å². The Labute approximate surface area is 254 Å². The highest BCUT2D eigenvalue weighted by Gasteiger charge is 2.44. The number of hydrogen-bond donors (Lipinski definition) is 3. The first-order valence-electron chi connectivity index (χ1n) is 14.9. The van der Waals surface area contributed by atoms with Crippen LogP contribution < -0.4 is 9.80 Å². The van der Waals surface area contributed by atoms with Gasteiger partial charge in [-0.05, 0) is 43.2 Å². The number of benzene rings is 2. The van der Waals surface area contributed by atoms with Gasteiger partial charge < -0.3 is 34.5 Å². The number of aromatic hydroxyl groups is 1. The lowest BCUT2D eigenvalue weighted by Crippen LogP contribution is -2.47. The highest BCUT2D eigenvalue weighted by Crippen LogP contribution is 2.36. The number of amides is 1. The number of aliphatic hydroxyl groups excluding tert-OH is 1. The van der Waals surface area contributed by atoms with Gasteiger partial charge in [0.15, 0.2) is 11.6 Å². The number of rotatable bonds is 7. The highest BCUT2D eigenvalue weighted by molar-refractivity contribution is 5.89. The van der Waals surface area contributed by atoms with E-state index in [1.807, 2.05) is 51.1 Å². The second kappa shape index (κ2) is 11.8. The van der Waals surface area contributed by atoms with Gasteiger partial charge in [0, 0.05) is 61.3 Å². The number of anilines is 2. The van der Waals surface area contributed by atoms with Crippen LogP contribution in [0, 0.1) is 12.8 Å². The topological polar surface area (TPSA) is 156 Å². The molecule has 0 radical (unpaired) electrons. The molecule has 12 nitrogen and oxygen atoms in total. The number of piperazine rings is 1. The summed E-state index contributed by atoms with van der Waals surface area (Å²) in [5.74, 6) is -1.10. The van der Waals surface area contributed by atoms with Crippen molar-refractivity contribution in [3.8, 4) is 17.0 Å². The van der Waals surface area contributed by atoms with Gasteiger partial charge in [-0.2, -0.15) is 0 Å². The number of nitrogens with zero attached hydrogens (tertiary/aromatic N) is 6. The standard InChI is InChI=1S/C32H36N6O6/c1-18(2)28(31(41)38-17-22(39)16-26(38)32(42)43)29-19(3)30(35-44-29)37-12-10-36(11-13-37)21-9-8-20-14-25(34-33-24(20)15-21)23-6-4-5-7-27(23)40/h4-9,14-15,18,22,26,28,39-40H,10-13,16-17H2,1-3H3,(H,42,43)/t22-,26+,28-/m1/s1. The predicted molar refractivity (Wildman–Crippen MR) is 164 cm³/mol. The summed E-state index contributed by atoms with van der Waals surface area (Å²) in [5.41, 5.74) is 3.81. The summed E-state index contributed by atoms with van der Waals surface area (Å²) in [5, 5.41) is 44.0. The number of phenols is 1. The van der Waals surface area contributed by atoms with Crippen LogP contribution in [-0.2, 0) is 9.59 Å². The zero-order valence-electron chi connectivity index (χ0n) is 24.9. The molecule has 6 rings (SSSR count). The second-order valence-corrected chi connectivity index (χ2v) is 11.9. The third-order valence-electron chi connectivity index (χ3n) is 8.69. The minimum atomic E-state index is -1.12. The number of carbonyl (C=O) groups is 2. The van der Waals surface area contributed by atoms with Crippen molar-refractivity contribution in [2.75, 3.05) is 42.5 Å². The third-order valence-corrected chi connectivity index (χ3v) is 8.69. The van der Waals surface area contributed by atoms with Gasteiger partial charge in [-0.25, -0.2) is 4.79 Å². The molecule has 3 atom stereocenters. The molecule has 44 heavy (non-hydrogen) atoms. The van der Waals surface area contributed by atoms with Crippen LogP contribution in [0.4, 0.5) is 11.5 Å². The summed E-state index contributed by atoms with van der Waals surface area (Å²) in [6, 6.07) is 14.0. The number of para-hydroxylation sites is 1. The van der Waals surface area contributed by atoms with Crippen molar-refractivity contribution in [2.24, 2.45) is 5.92 Å². The first-order valence-corrected chi connectivity index (χ1v) is 14.9. The van der Waals surface area contributed by atoms with Crippen molar-refractivity contribution >= 4 is 34.3 Å². The van der Waals surface area contributed by atoms with Gasteiger partial charge in [0.2, 0.25) is 5.91 Å². The van der Waals surface area contributed by atoms with Crippen molar-refractivity contribution in [3.63, 3.8) is 0 Å². The van der Waals surface area contributed by atoms with Gasteiger partial charge in [0.25, 0.3) is 0 Å². The quantitative estimate of drug-likeness (QED) is 0.286. The number of phenolic OH excluding ortho intramolecular Hbond substituents is 1. The van der Waals surface area contributed by atoms with Crippen molar-refractivity contribution in [1.29, 1.82) is 0 Å². The fourth-order valence-corrected chi connectivity index (χ4v) is 6.31. The average Bonchev–Trinajstić information content (AvgIpc) is 3.59. The van der Waals surface area contributed by atoms with Gasteiger partial charge in [-0.3, -0.25) is 4.79 Å². The van der Waals surface area contributed by atoms with Crippen LogP contribution in [0.2, 0.25) is 0 Å². The van der Waals surface area contributed by atoms with Crippen LogP contribution in [0.3, 0.4) is 0 Å². The summed E-state index contributed by atoms with van der Waals surface area (Å²) in [6.45, 7) is 8.49. The number of hydrogen-bond acceptors (Lipinski definition) is 10. The van der Waals surface area contributed by atoms with Gasteiger partial charge in [0.1, 0.15) is 17.7 Å². The van der Waals surface area contributed by atoms with E-state index in [2.05, 4.69) is 31.2 Å². The maximum absolute atomic E-state index is 13.6. The molecule has 0 unspecified atom stereocenters. The SMILES string of the molecule is Cc1c(N2CCN(c3ccc4cc(-c5ccccc5O)nnc4c3)CC2)noc1[C@H](C(=O)N1C[C@H](O)C[C@H]1C(=O)O)C(C)C. The Balaban J connectivity index is 1.16. The number of likely N-dealkylation sites (tertiary alicyclic amines) is 1. The molecule has 4 aromatic rings. The maximum atomic E-state index is 13.6. The van der Waals surface area contributed by atoms with Gasteiger partial charge in [-0.1, -0.05) is 37.2 Å². The van der Waals surface area contributed by atoms with E-state index >= 15 is 0 Å².